The minimum atomic E-state index is -1.24. The van der Waals surface area contributed by atoms with E-state index < -0.39 is 17.4 Å². The molecule has 2 aromatic rings. The molecule has 2 saturated carbocycles. The van der Waals surface area contributed by atoms with Crippen molar-refractivity contribution in [2.75, 3.05) is 26.9 Å². The number of likely N-dealkylation sites (N-methyl/N-ethyl adjacent to an activating group) is 1. The highest BCUT2D eigenvalue weighted by atomic mass is 16.7. The summed E-state index contributed by atoms with van der Waals surface area (Å²) in [7, 11) is 1.88. The standard InChI is InChI=1S/C44H60N2O7/c1-8-23-50-44-39(46(7)42(49)30-16-17-30)27-37(45-53-43(4,5)6)35-25-31(13-9-11-21-47)34(14-10-12-22-48)40(41(35)44)36-26-33(19-20-38(36)52-44)51-32-18-15-28(2)29(3)24-32/h8,15,18-20,24-26,30-31,34,39-41,47-48H,1,9-14,16-17,21-23,27H2,2-7H3. The van der Waals surface area contributed by atoms with E-state index in [9.17, 15) is 15.0 Å². The topological polar surface area (TPSA) is 110 Å². The number of aryl methyl sites for hydroxylation is 2. The zero-order valence-corrected chi connectivity index (χ0v) is 32.6. The summed E-state index contributed by atoms with van der Waals surface area (Å²) in [6.07, 6.45) is 11.2. The molecule has 288 valence electrons. The van der Waals surface area contributed by atoms with Gasteiger partial charge in [-0.25, -0.2) is 0 Å². The average Bonchev–Trinajstić information content (AvgIpc) is 3.98. The van der Waals surface area contributed by atoms with E-state index in [0.717, 1.165) is 78.9 Å². The van der Waals surface area contributed by atoms with E-state index in [1.54, 1.807) is 6.08 Å². The van der Waals surface area contributed by atoms with E-state index in [1.165, 1.54) is 5.56 Å². The molecule has 0 bridgehead atoms. The molecule has 53 heavy (non-hydrogen) atoms. The molecule has 1 heterocycles. The second-order valence-electron chi connectivity index (χ2n) is 16.5. The number of aliphatic hydroxyl groups excluding tert-OH is 2. The largest absolute Gasteiger partial charge is 0.459 e. The molecular weight excluding hydrogens is 668 g/mol. The molecule has 0 radical (unpaired) electrons. The Morgan fingerprint density at radius 2 is 1.72 bits per heavy atom. The molecule has 0 aromatic heterocycles. The SMILES string of the molecule is C=CCOC12Oc3ccc(Oc4ccc(C)c(C)c4)cc3C3C(CCCCO)C(CCCCO)C=C(C(=NOC(C)(C)C)CC1N(C)C(=O)C1CC1)C32. The summed E-state index contributed by atoms with van der Waals surface area (Å²) in [4.78, 5) is 22.0. The Hall–Kier alpha value is -3.66. The zero-order chi connectivity index (χ0) is 37.9. The monoisotopic (exact) mass is 728 g/mol. The first-order chi connectivity index (χ1) is 25.4. The van der Waals surface area contributed by atoms with Crippen molar-refractivity contribution in [2.24, 2.45) is 28.8 Å². The lowest BCUT2D eigenvalue weighted by Gasteiger charge is -2.59. The van der Waals surface area contributed by atoms with Crippen molar-refractivity contribution in [1.82, 2.24) is 4.90 Å². The molecule has 3 aliphatic carbocycles. The van der Waals surface area contributed by atoms with E-state index >= 15 is 0 Å². The number of rotatable bonds is 16. The molecule has 6 atom stereocenters. The molecular formula is C44H60N2O7. The Balaban J connectivity index is 1.57. The molecule has 6 unspecified atom stereocenters. The van der Waals surface area contributed by atoms with Crippen LogP contribution in [0.1, 0.15) is 101 Å². The van der Waals surface area contributed by atoms with Crippen LogP contribution in [-0.2, 0) is 14.4 Å². The fourth-order valence-electron chi connectivity index (χ4n) is 8.67. The van der Waals surface area contributed by atoms with Crippen molar-refractivity contribution in [1.29, 1.82) is 0 Å². The second-order valence-corrected chi connectivity index (χ2v) is 16.5. The van der Waals surface area contributed by atoms with E-state index in [2.05, 4.69) is 44.7 Å². The zero-order valence-electron chi connectivity index (χ0n) is 32.6. The van der Waals surface area contributed by atoms with Crippen molar-refractivity contribution >= 4 is 11.6 Å². The van der Waals surface area contributed by atoms with Crippen LogP contribution < -0.4 is 9.47 Å². The van der Waals surface area contributed by atoms with Crippen LogP contribution >= 0.6 is 0 Å². The van der Waals surface area contributed by atoms with Gasteiger partial charge in [0, 0.05) is 44.1 Å². The fraction of sp³-hybridized carbons (Fsp3) is 0.591. The summed E-state index contributed by atoms with van der Waals surface area (Å²) in [5.41, 5.74) is 4.72. The van der Waals surface area contributed by atoms with E-state index in [-0.39, 0.29) is 55.3 Å². The van der Waals surface area contributed by atoms with Crippen LogP contribution in [0.15, 0.2) is 65.9 Å². The second kappa shape index (κ2) is 16.4. The van der Waals surface area contributed by atoms with Crippen LogP contribution in [0.25, 0.3) is 0 Å². The van der Waals surface area contributed by atoms with Gasteiger partial charge in [0.2, 0.25) is 11.7 Å². The lowest BCUT2D eigenvalue weighted by molar-refractivity contribution is -0.256. The lowest BCUT2D eigenvalue weighted by Crippen LogP contribution is -2.69. The number of aliphatic hydroxyl groups is 2. The first kappa shape index (κ1) is 39.0. The van der Waals surface area contributed by atoms with Crippen LogP contribution in [0.2, 0.25) is 0 Å². The Morgan fingerprint density at radius 3 is 2.38 bits per heavy atom. The van der Waals surface area contributed by atoms with Crippen molar-refractivity contribution in [3.63, 3.8) is 0 Å². The van der Waals surface area contributed by atoms with Gasteiger partial charge in [-0.1, -0.05) is 36.2 Å². The van der Waals surface area contributed by atoms with Gasteiger partial charge in [0.15, 0.2) is 0 Å². The van der Waals surface area contributed by atoms with Crippen molar-refractivity contribution in [3.05, 3.63) is 77.4 Å². The number of nitrogens with zero attached hydrogens (tertiary/aromatic N) is 2. The van der Waals surface area contributed by atoms with Gasteiger partial charge in [0.05, 0.1) is 18.2 Å². The van der Waals surface area contributed by atoms with Crippen LogP contribution in [-0.4, -0.2) is 71.0 Å². The number of hydrogen-bond donors (Lipinski definition) is 2. The maximum absolute atomic E-state index is 14.0. The highest BCUT2D eigenvalue weighted by Crippen LogP contribution is 2.62. The van der Waals surface area contributed by atoms with Gasteiger partial charge >= 0.3 is 0 Å². The number of fused-ring (bicyclic) bond motifs is 2. The predicted molar refractivity (Wildman–Crippen MR) is 207 cm³/mol. The smallest absolute Gasteiger partial charge is 0.239 e. The summed E-state index contributed by atoms with van der Waals surface area (Å²) in [6.45, 7) is 14.7. The number of unbranched alkanes of at least 4 members (excludes halogenated alkanes) is 2. The maximum atomic E-state index is 14.0. The number of carbonyl (C=O) groups excluding carboxylic acids is 1. The molecule has 1 aliphatic heterocycles. The third-order valence-electron chi connectivity index (χ3n) is 11.5. The van der Waals surface area contributed by atoms with Crippen LogP contribution in [0.3, 0.4) is 0 Å². The molecule has 2 N–H and O–H groups in total. The molecule has 9 nitrogen and oxygen atoms in total. The summed E-state index contributed by atoms with van der Waals surface area (Å²) in [5, 5.41) is 24.6. The normalized spacial score (nSPS) is 26.9. The first-order valence-electron chi connectivity index (χ1n) is 19.7. The quantitative estimate of drug-likeness (QED) is 0.102. The minimum absolute atomic E-state index is 0.00453. The Labute approximate surface area is 316 Å². The molecule has 2 aromatic carbocycles. The number of ether oxygens (including phenoxy) is 3. The Morgan fingerprint density at radius 1 is 1.02 bits per heavy atom. The number of carbonyl (C=O) groups is 1. The van der Waals surface area contributed by atoms with Gasteiger partial charge in [0.25, 0.3) is 0 Å². The third kappa shape index (κ3) is 8.37. The number of hydrogen-bond acceptors (Lipinski definition) is 8. The van der Waals surface area contributed by atoms with E-state index in [0.29, 0.717) is 18.6 Å². The number of benzene rings is 2. The Kier molecular flexibility index (Phi) is 12.1. The molecule has 4 aliphatic rings. The summed E-state index contributed by atoms with van der Waals surface area (Å²) >= 11 is 0. The van der Waals surface area contributed by atoms with Crippen molar-refractivity contribution in [3.8, 4) is 17.2 Å². The fourth-order valence-corrected chi connectivity index (χ4v) is 8.67. The van der Waals surface area contributed by atoms with Gasteiger partial charge in [-0.15, -0.1) is 6.58 Å². The van der Waals surface area contributed by atoms with Crippen LogP contribution in [0, 0.1) is 37.5 Å². The van der Waals surface area contributed by atoms with Gasteiger partial charge in [-0.3, -0.25) is 4.79 Å². The average molecular weight is 729 g/mol. The third-order valence-corrected chi connectivity index (χ3v) is 11.5. The number of allylic oxidation sites excluding steroid dienone is 1. The summed E-state index contributed by atoms with van der Waals surface area (Å²) in [6, 6.07) is 11.7. The van der Waals surface area contributed by atoms with Gasteiger partial charge < -0.3 is 34.2 Å². The van der Waals surface area contributed by atoms with Crippen LogP contribution in [0.5, 0.6) is 17.2 Å². The number of amides is 1. The maximum Gasteiger partial charge on any atom is 0.239 e. The minimum Gasteiger partial charge on any atom is -0.459 e. The van der Waals surface area contributed by atoms with E-state index in [1.807, 2.05) is 50.9 Å². The molecule has 6 rings (SSSR count). The molecule has 0 saturated heterocycles. The van der Waals surface area contributed by atoms with Gasteiger partial charge in [-0.2, -0.15) is 0 Å². The molecule has 1 amide bonds. The molecule has 9 heteroatoms. The highest BCUT2D eigenvalue weighted by Gasteiger charge is 2.65. The molecule has 0 spiro atoms. The predicted octanol–water partition coefficient (Wildman–Crippen LogP) is 8.40. The first-order valence-corrected chi connectivity index (χ1v) is 19.7. The highest BCUT2D eigenvalue weighted by molar-refractivity contribution is 6.03. The van der Waals surface area contributed by atoms with Crippen molar-refractivity contribution in [2.45, 2.75) is 116 Å². The lowest BCUT2D eigenvalue weighted by atomic mass is 9.55. The number of oxime groups is 1. The summed E-state index contributed by atoms with van der Waals surface area (Å²) in [5.74, 6) is 0.936. The van der Waals surface area contributed by atoms with E-state index in [4.69, 9.17) is 24.2 Å². The Bertz CT molecular complexity index is 1690. The van der Waals surface area contributed by atoms with Gasteiger partial charge in [-0.05, 0) is 132 Å². The van der Waals surface area contributed by atoms with Gasteiger partial charge in [0.1, 0.15) is 28.9 Å². The molecule has 2 fully saturated rings. The van der Waals surface area contributed by atoms with Crippen LogP contribution in [0.4, 0.5) is 0 Å². The summed E-state index contributed by atoms with van der Waals surface area (Å²) < 4.78 is 20.8. The van der Waals surface area contributed by atoms with Crippen molar-refractivity contribution < 1.29 is 34.1 Å².